The van der Waals surface area contributed by atoms with Crippen LogP contribution >= 0.6 is 0 Å². The van der Waals surface area contributed by atoms with Crippen molar-refractivity contribution in [2.24, 2.45) is 0 Å². The van der Waals surface area contributed by atoms with Crippen molar-refractivity contribution in [3.63, 3.8) is 0 Å². The fourth-order valence-electron chi connectivity index (χ4n) is 3.77. The van der Waals surface area contributed by atoms with Crippen LogP contribution in [0.3, 0.4) is 0 Å². The fraction of sp³-hybridized carbons (Fsp3) is 0.278. The summed E-state index contributed by atoms with van der Waals surface area (Å²) in [5.41, 5.74) is 3.41. The Hall–Kier alpha value is -2.69. The number of carboxylic acid groups (broad SMARTS) is 1. The number of carbonyl (C=O) groups is 3. The van der Waals surface area contributed by atoms with E-state index in [2.05, 4.69) is 0 Å². The molecule has 2 aliphatic carbocycles. The normalized spacial score (nSPS) is 16.7. The second kappa shape index (κ2) is 4.65. The molecular formula is C18H15NO4. The molecule has 4 rings (SSSR count). The lowest BCUT2D eigenvalue weighted by Gasteiger charge is -2.20. The average Bonchev–Trinajstić information content (AvgIpc) is 3.02. The van der Waals surface area contributed by atoms with Gasteiger partial charge in [0.25, 0.3) is 0 Å². The number of Topliss-reactive ketones (excluding diaryl/α,β-unsaturated/α-hetero) is 1. The van der Waals surface area contributed by atoms with Gasteiger partial charge in [-0.25, -0.2) is 4.79 Å². The summed E-state index contributed by atoms with van der Waals surface area (Å²) >= 11 is 0. The van der Waals surface area contributed by atoms with Gasteiger partial charge in [-0.1, -0.05) is 24.3 Å². The standard InChI is InChI=1S/C18H15NO4/c1-9(18(22)23)19-12-7-4-8-13(20)14(12)15-16(19)10-5-2-3-6-11(10)17(15)21/h2-3,5-6,9H,4,7-8H2,1H3,(H,22,23). The second-order valence-corrected chi connectivity index (χ2v) is 6.08. The molecular weight excluding hydrogens is 294 g/mol. The Kier molecular flexibility index (Phi) is 2.82. The van der Waals surface area contributed by atoms with E-state index < -0.39 is 12.0 Å². The summed E-state index contributed by atoms with van der Waals surface area (Å²) in [6, 6.07) is 6.33. The van der Waals surface area contributed by atoms with Crippen molar-refractivity contribution >= 4 is 17.5 Å². The average molecular weight is 309 g/mol. The van der Waals surface area contributed by atoms with Crippen molar-refractivity contribution in [1.82, 2.24) is 4.57 Å². The molecule has 0 aliphatic heterocycles. The molecule has 0 spiro atoms. The summed E-state index contributed by atoms with van der Waals surface area (Å²) in [6.45, 7) is 1.59. The number of aromatic nitrogens is 1. The molecule has 0 saturated carbocycles. The SMILES string of the molecule is CC(C(=O)O)n1c2c(c3c1-c1ccccc1C3=O)C(=O)CCC2. The lowest BCUT2D eigenvalue weighted by molar-refractivity contribution is -0.140. The van der Waals surface area contributed by atoms with Crippen LogP contribution in [0.4, 0.5) is 0 Å². The Morgan fingerprint density at radius 3 is 2.52 bits per heavy atom. The minimum absolute atomic E-state index is 0.0556. The van der Waals surface area contributed by atoms with E-state index in [1.807, 2.05) is 12.1 Å². The number of hydrogen-bond acceptors (Lipinski definition) is 3. The summed E-state index contributed by atoms with van der Waals surface area (Å²) in [5, 5.41) is 9.48. The van der Waals surface area contributed by atoms with Gasteiger partial charge in [0.2, 0.25) is 0 Å². The van der Waals surface area contributed by atoms with Gasteiger partial charge >= 0.3 is 5.97 Å². The summed E-state index contributed by atoms with van der Waals surface area (Å²) in [7, 11) is 0. The molecule has 5 heteroatoms. The van der Waals surface area contributed by atoms with E-state index in [0.717, 1.165) is 5.56 Å². The number of carboxylic acids is 1. The van der Waals surface area contributed by atoms with Gasteiger partial charge in [-0.3, -0.25) is 9.59 Å². The highest BCUT2D eigenvalue weighted by atomic mass is 16.4. The maximum absolute atomic E-state index is 12.8. The molecule has 1 aromatic heterocycles. The van der Waals surface area contributed by atoms with E-state index in [1.165, 1.54) is 0 Å². The number of aliphatic carboxylic acids is 1. The first-order valence-electron chi connectivity index (χ1n) is 7.69. The number of ketones is 2. The van der Waals surface area contributed by atoms with E-state index in [1.54, 1.807) is 23.6 Å². The number of benzene rings is 1. The molecule has 116 valence electrons. The summed E-state index contributed by atoms with van der Waals surface area (Å²) in [5.74, 6) is -1.20. The van der Waals surface area contributed by atoms with E-state index in [9.17, 15) is 19.5 Å². The Labute approximate surface area is 132 Å². The predicted octanol–water partition coefficient (Wildman–Crippen LogP) is 2.86. The highest BCUT2D eigenvalue weighted by Gasteiger charge is 2.40. The van der Waals surface area contributed by atoms with Gasteiger partial charge < -0.3 is 9.67 Å². The molecule has 1 unspecified atom stereocenters. The van der Waals surface area contributed by atoms with Crippen LogP contribution in [0, 0.1) is 0 Å². The number of rotatable bonds is 2. The quantitative estimate of drug-likeness (QED) is 0.789. The van der Waals surface area contributed by atoms with Gasteiger partial charge in [-0.2, -0.15) is 0 Å². The predicted molar refractivity (Wildman–Crippen MR) is 82.9 cm³/mol. The lowest BCUT2D eigenvalue weighted by atomic mass is 9.92. The Bertz CT molecular complexity index is 891. The van der Waals surface area contributed by atoms with Crippen LogP contribution in [0.5, 0.6) is 0 Å². The highest BCUT2D eigenvalue weighted by Crippen LogP contribution is 2.45. The topological polar surface area (TPSA) is 76.4 Å². The molecule has 0 bridgehead atoms. The molecule has 2 aromatic rings. The minimum atomic E-state index is -0.972. The van der Waals surface area contributed by atoms with E-state index in [-0.39, 0.29) is 11.6 Å². The zero-order chi connectivity index (χ0) is 16.3. The summed E-state index contributed by atoms with van der Waals surface area (Å²) < 4.78 is 1.69. The first-order valence-corrected chi connectivity index (χ1v) is 7.69. The van der Waals surface area contributed by atoms with Crippen LogP contribution < -0.4 is 0 Å². The smallest absolute Gasteiger partial charge is 0.326 e. The van der Waals surface area contributed by atoms with Crippen LogP contribution in [0.1, 0.15) is 57.8 Å². The number of hydrogen-bond donors (Lipinski definition) is 1. The molecule has 0 radical (unpaired) electrons. The van der Waals surface area contributed by atoms with Crippen LogP contribution in [0.15, 0.2) is 24.3 Å². The Balaban J connectivity index is 2.12. The largest absolute Gasteiger partial charge is 0.480 e. The molecule has 1 aromatic carbocycles. The van der Waals surface area contributed by atoms with Crippen molar-refractivity contribution in [2.45, 2.75) is 32.2 Å². The number of carbonyl (C=O) groups excluding carboxylic acids is 2. The molecule has 1 heterocycles. The molecule has 0 saturated heterocycles. The molecule has 5 nitrogen and oxygen atoms in total. The maximum Gasteiger partial charge on any atom is 0.326 e. The first-order chi connectivity index (χ1) is 11.0. The summed E-state index contributed by atoms with van der Waals surface area (Å²) in [6.07, 6.45) is 1.73. The zero-order valence-corrected chi connectivity index (χ0v) is 12.6. The maximum atomic E-state index is 12.8. The molecule has 0 fully saturated rings. The van der Waals surface area contributed by atoms with Crippen molar-refractivity contribution in [1.29, 1.82) is 0 Å². The highest BCUT2D eigenvalue weighted by molar-refractivity contribution is 6.26. The van der Waals surface area contributed by atoms with Crippen molar-refractivity contribution in [3.05, 3.63) is 46.6 Å². The van der Waals surface area contributed by atoms with Crippen LogP contribution in [-0.2, 0) is 11.2 Å². The molecule has 2 aliphatic rings. The third-order valence-electron chi connectivity index (χ3n) is 4.80. The van der Waals surface area contributed by atoms with Crippen molar-refractivity contribution < 1.29 is 19.5 Å². The number of nitrogens with zero attached hydrogens (tertiary/aromatic N) is 1. The third-order valence-corrected chi connectivity index (χ3v) is 4.80. The van der Waals surface area contributed by atoms with Gasteiger partial charge in [0.1, 0.15) is 6.04 Å². The van der Waals surface area contributed by atoms with E-state index in [4.69, 9.17) is 0 Å². The summed E-state index contributed by atoms with van der Waals surface area (Å²) in [4.78, 5) is 36.8. The first kappa shape index (κ1) is 13.9. The van der Waals surface area contributed by atoms with Crippen LogP contribution in [0.2, 0.25) is 0 Å². The molecule has 1 atom stereocenters. The van der Waals surface area contributed by atoms with Gasteiger partial charge in [0.15, 0.2) is 11.6 Å². The molecule has 23 heavy (non-hydrogen) atoms. The monoisotopic (exact) mass is 309 g/mol. The Morgan fingerprint density at radius 1 is 1.13 bits per heavy atom. The third kappa shape index (κ3) is 1.70. The van der Waals surface area contributed by atoms with E-state index in [0.29, 0.717) is 47.3 Å². The molecule has 1 N–H and O–H groups in total. The fourth-order valence-corrected chi connectivity index (χ4v) is 3.77. The van der Waals surface area contributed by atoms with Crippen LogP contribution in [0.25, 0.3) is 11.3 Å². The lowest BCUT2D eigenvalue weighted by Crippen LogP contribution is -2.21. The van der Waals surface area contributed by atoms with Gasteiger partial charge in [0.05, 0.1) is 16.8 Å². The van der Waals surface area contributed by atoms with E-state index >= 15 is 0 Å². The van der Waals surface area contributed by atoms with Crippen LogP contribution in [-0.4, -0.2) is 27.2 Å². The Morgan fingerprint density at radius 2 is 1.83 bits per heavy atom. The van der Waals surface area contributed by atoms with Gasteiger partial charge in [-0.05, 0) is 19.8 Å². The van der Waals surface area contributed by atoms with Gasteiger partial charge in [-0.15, -0.1) is 0 Å². The molecule has 0 amide bonds. The number of fused-ring (bicyclic) bond motifs is 5. The second-order valence-electron chi connectivity index (χ2n) is 6.08. The van der Waals surface area contributed by atoms with Crippen molar-refractivity contribution in [3.8, 4) is 11.3 Å². The van der Waals surface area contributed by atoms with Crippen molar-refractivity contribution in [2.75, 3.05) is 0 Å². The van der Waals surface area contributed by atoms with Gasteiger partial charge in [0, 0.05) is 23.2 Å². The zero-order valence-electron chi connectivity index (χ0n) is 12.6. The minimum Gasteiger partial charge on any atom is -0.480 e.